The molecule has 0 aliphatic carbocycles. The van der Waals surface area contributed by atoms with Gasteiger partial charge < -0.3 is 0 Å². The van der Waals surface area contributed by atoms with Gasteiger partial charge in [-0.2, -0.15) is 13.2 Å². The summed E-state index contributed by atoms with van der Waals surface area (Å²) in [6.45, 7) is 1.67. The first-order valence-electron chi connectivity index (χ1n) is 6.71. The molecular weight excluding hydrogens is 309 g/mol. The van der Waals surface area contributed by atoms with Crippen LogP contribution in [-0.4, -0.2) is 12.0 Å². The van der Waals surface area contributed by atoms with Gasteiger partial charge in [0.05, 0.1) is 0 Å². The molecule has 0 fully saturated rings. The van der Waals surface area contributed by atoms with Crippen LogP contribution in [0.1, 0.15) is 18.9 Å². The molecule has 0 radical (unpaired) electrons. The highest BCUT2D eigenvalue weighted by Crippen LogP contribution is 2.45. The largest absolute Gasteiger partial charge is 0.450 e. The van der Waals surface area contributed by atoms with Gasteiger partial charge in [-0.3, -0.25) is 4.79 Å². The molecule has 0 saturated carbocycles. The second kappa shape index (κ2) is 6.57. The van der Waals surface area contributed by atoms with E-state index in [0.29, 0.717) is 5.56 Å². The number of ketones is 1. The summed E-state index contributed by atoms with van der Waals surface area (Å²) < 4.78 is 37.0. The smallest absolute Gasteiger partial charge is 0.290 e. The van der Waals surface area contributed by atoms with Gasteiger partial charge in [-0.1, -0.05) is 48.5 Å². The molecule has 0 aromatic heterocycles. The standard InChI is InChI=1S/C17H15F3OS/c1-16(12-15(21)17(18,19)20,13-8-4-2-5-9-13)22-14-10-6-3-7-11-14/h2-11H,12H2,1H3/t16-/m0/s1. The molecule has 1 atom stereocenters. The third-order valence-electron chi connectivity index (χ3n) is 3.28. The normalized spacial score (nSPS) is 14.4. The topological polar surface area (TPSA) is 17.1 Å². The summed E-state index contributed by atoms with van der Waals surface area (Å²) in [5.74, 6) is -1.71. The molecule has 2 rings (SSSR count). The van der Waals surface area contributed by atoms with E-state index >= 15 is 0 Å². The number of thioether (sulfide) groups is 1. The molecule has 5 heteroatoms. The van der Waals surface area contributed by atoms with Gasteiger partial charge in [0.25, 0.3) is 0 Å². The average Bonchev–Trinajstić information content (AvgIpc) is 2.48. The molecule has 2 aromatic carbocycles. The first-order valence-corrected chi connectivity index (χ1v) is 7.52. The van der Waals surface area contributed by atoms with Crippen LogP contribution >= 0.6 is 11.8 Å². The van der Waals surface area contributed by atoms with Gasteiger partial charge in [0.15, 0.2) is 0 Å². The van der Waals surface area contributed by atoms with Crippen molar-refractivity contribution >= 4 is 17.5 Å². The van der Waals surface area contributed by atoms with Crippen LogP contribution in [0.3, 0.4) is 0 Å². The van der Waals surface area contributed by atoms with Crippen molar-refractivity contribution in [2.24, 2.45) is 0 Å². The van der Waals surface area contributed by atoms with E-state index in [1.54, 1.807) is 37.3 Å². The maximum absolute atomic E-state index is 12.7. The first kappa shape index (κ1) is 16.6. The Labute approximate surface area is 131 Å². The summed E-state index contributed by atoms with van der Waals surface area (Å²) in [4.78, 5) is 12.3. The maximum atomic E-state index is 12.7. The summed E-state index contributed by atoms with van der Waals surface area (Å²) in [7, 11) is 0. The fourth-order valence-electron chi connectivity index (χ4n) is 2.14. The quantitative estimate of drug-likeness (QED) is 0.702. The highest BCUT2D eigenvalue weighted by atomic mass is 32.2. The Bertz CT molecular complexity index is 625. The van der Waals surface area contributed by atoms with E-state index in [4.69, 9.17) is 0 Å². The van der Waals surface area contributed by atoms with Crippen molar-refractivity contribution in [3.63, 3.8) is 0 Å². The van der Waals surface area contributed by atoms with E-state index in [0.717, 1.165) is 4.90 Å². The Hall–Kier alpha value is -1.75. The van der Waals surface area contributed by atoms with Crippen molar-refractivity contribution in [3.05, 3.63) is 66.2 Å². The molecule has 0 aliphatic heterocycles. The van der Waals surface area contributed by atoms with Gasteiger partial charge in [-0.05, 0) is 24.6 Å². The van der Waals surface area contributed by atoms with Gasteiger partial charge in [-0.25, -0.2) is 0 Å². The van der Waals surface area contributed by atoms with Crippen LogP contribution in [-0.2, 0) is 9.54 Å². The molecule has 2 aromatic rings. The summed E-state index contributed by atoms with van der Waals surface area (Å²) in [5.41, 5.74) is 0.696. The molecule has 1 nitrogen and oxygen atoms in total. The van der Waals surface area contributed by atoms with E-state index in [1.807, 2.05) is 30.3 Å². The highest BCUT2D eigenvalue weighted by Gasteiger charge is 2.43. The number of hydrogen-bond donors (Lipinski definition) is 0. The lowest BCUT2D eigenvalue weighted by atomic mass is 9.94. The van der Waals surface area contributed by atoms with Crippen LogP contribution in [0.5, 0.6) is 0 Å². The lowest BCUT2D eigenvalue weighted by molar-refractivity contribution is -0.171. The minimum atomic E-state index is -4.81. The Balaban J connectivity index is 2.34. The summed E-state index contributed by atoms with van der Waals surface area (Å²) in [6, 6.07) is 17.9. The highest BCUT2D eigenvalue weighted by molar-refractivity contribution is 8.00. The van der Waals surface area contributed by atoms with Crippen molar-refractivity contribution in [2.45, 2.75) is 29.2 Å². The number of rotatable bonds is 5. The fraction of sp³-hybridized carbons (Fsp3) is 0.235. The van der Waals surface area contributed by atoms with Crippen LogP contribution in [0.4, 0.5) is 13.2 Å². The van der Waals surface area contributed by atoms with Gasteiger partial charge in [0, 0.05) is 16.1 Å². The number of carbonyl (C=O) groups excluding carboxylic acids is 1. The molecule has 22 heavy (non-hydrogen) atoms. The Kier molecular flexibility index (Phi) is 4.96. The van der Waals surface area contributed by atoms with E-state index in [9.17, 15) is 18.0 Å². The van der Waals surface area contributed by atoms with Crippen molar-refractivity contribution in [1.82, 2.24) is 0 Å². The van der Waals surface area contributed by atoms with Crippen molar-refractivity contribution in [2.75, 3.05) is 0 Å². The summed E-state index contributed by atoms with van der Waals surface area (Å²) >= 11 is 1.27. The number of halogens is 3. The van der Waals surface area contributed by atoms with Gasteiger partial charge in [0.1, 0.15) is 0 Å². The van der Waals surface area contributed by atoms with Gasteiger partial charge in [-0.15, -0.1) is 11.8 Å². The molecule has 0 spiro atoms. The van der Waals surface area contributed by atoms with Crippen LogP contribution in [0.15, 0.2) is 65.6 Å². The molecule has 116 valence electrons. The number of Topliss-reactive ketones (excluding diaryl/α,β-unsaturated/α-hetero) is 1. The van der Waals surface area contributed by atoms with Crippen molar-refractivity contribution in [1.29, 1.82) is 0 Å². The predicted molar refractivity (Wildman–Crippen MR) is 81.8 cm³/mol. The van der Waals surface area contributed by atoms with Gasteiger partial charge in [0.2, 0.25) is 5.78 Å². The molecule has 0 N–H and O–H groups in total. The van der Waals surface area contributed by atoms with Gasteiger partial charge >= 0.3 is 6.18 Å². The van der Waals surface area contributed by atoms with Crippen LogP contribution in [0.2, 0.25) is 0 Å². The zero-order chi connectivity index (χ0) is 16.2. The molecule has 0 saturated heterocycles. The molecule has 0 aliphatic rings. The lowest BCUT2D eigenvalue weighted by Crippen LogP contribution is -2.31. The fourth-order valence-corrected chi connectivity index (χ4v) is 3.41. The Morgan fingerprint density at radius 2 is 1.45 bits per heavy atom. The third-order valence-corrected chi connectivity index (χ3v) is 4.62. The minimum absolute atomic E-state index is 0.597. The monoisotopic (exact) mass is 324 g/mol. The van der Waals surface area contributed by atoms with Crippen LogP contribution in [0.25, 0.3) is 0 Å². The number of hydrogen-bond acceptors (Lipinski definition) is 2. The van der Waals surface area contributed by atoms with E-state index < -0.39 is 23.1 Å². The molecular formula is C17H15F3OS. The minimum Gasteiger partial charge on any atom is -0.290 e. The second-order valence-corrected chi connectivity index (χ2v) is 6.69. The predicted octanol–water partition coefficient (Wildman–Crippen LogP) is 5.22. The first-order chi connectivity index (χ1) is 10.3. The summed E-state index contributed by atoms with van der Waals surface area (Å²) in [5, 5.41) is 0. The Morgan fingerprint density at radius 1 is 0.955 bits per heavy atom. The molecule has 0 unspecified atom stereocenters. The van der Waals surface area contributed by atoms with E-state index in [2.05, 4.69) is 0 Å². The lowest BCUT2D eigenvalue weighted by Gasteiger charge is -2.29. The number of benzene rings is 2. The molecule has 0 heterocycles. The Morgan fingerprint density at radius 3 is 1.95 bits per heavy atom. The third kappa shape index (κ3) is 4.13. The zero-order valence-electron chi connectivity index (χ0n) is 11.9. The number of carbonyl (C=O) groups is 1. The van der Waals surface area contributed by atoms with E-state index in [1.165, 1.54) is 11.8 Å². The molecule has 0 amide bonds. The van der Waals surface area contributed by atoms with Crippen molar-refractivity contribution < 1.29 is 18.0 Å². The van der Waals surface area contributed by atoms with E-state index in [-0.39, 0.29) is 0 Å². The SMILES string of the molecule is C[C@@](CC(=O)C(F)(F)F)(Sc1ccccc1)c1ccccc1. The maximum Gasteiger partial charge on any atom is 0.450 e. The average molecular weight is 324 g/mol. The van der Waals surface area contributed by atoms with Crippen LogP contribution in [0, 0.1) is 0 Å². The summed E-state index contributed by atoms with van der Waals surface area (Å²) in [6.07, 6.45) is -5.41. The molecule has 0 bridgehead atoms. The zero-order valence-corrected chi connectivity index (χ0v) is 12.7. The number of alkyl halides is 3. The van der Waals surface area contributed by atoms with Crippen LogP contribution < -0.4 is 0 Å². The second-order valence-electron chi connectivity index (χ2n) is 5.11. The van der Waals surface area contributed by atoms with Crippen molar-refractivity contribution in [3.8, 4) is 0 Å².